The van der Waals surface area contributed by atoms with E-state index in [0.717, 1.165) is 31.5 Å². The van der Waals surface area contributed by atoms with Crippen LogP contribution in [0.1, 0.15) is 42.1 Å². The summed E-state index contributed by atoms with van der Waals surface area (Å²) in [6.07, 6.45) is 4.61. The van der Waals surface area contributed by atoms with Crippen LogP contribution in [0.15, 0.2) is 36.7 Å². The highest BCUT2D eigenvalue weighted by Gasteiger charge is 2.35. The zero-order chi connectivity index (χ0) is 20.4. The molecule has 0 aliphatic heterocycles. The molecule has 156 valence electrons. The molecule has 1 aromatic heterocycles. The molecule has 1 aromatic carbocycles. The van der Waals surface area contributed by atoms with Crippen molar-refractivity contribution in [2.24, 2.45) is 5.92 Å². The average Bonchev–Trinajstić information content (AvgIpc) is 3.25. The van der Waals surface area contributed by atoms with E-state index in [2.05, 4.69) is 48.5 Å². The standard InChI is InChI=1S/C20H26N4O4S/c1-28-29(26,27)24-18-9-13(10-19(18)25)8-15-11-20(22-12-21-15)23-17-7-6-14-4-2-3-5-16(14)17/h2-5,11-13,17-19,24-25H,6-10H2,1H3,(H,21,22,23)/t13-,17+,18+,19+/m1/s1. The molecule has 0 bridgehead atoms. The average molecular weight is 419 g/mol. The minimum absolute atomic E-state index is 0.129. The first-order valence-corrected chi connectivity index (χ1v) is 11.3. The predicted octanol–water partition coefficient (Wildman–Crippen LogP) is 1.74. The SMILES string of the molecule is COS(=O)(=O)N[C@H]1C[C@@H](Cc2cc(N[C@H]3CCc4ccccc43)ncn2)C[C@@H]1O. The van der Waals surface area contributed by atoms with Gasteiger partial charge in [-0.25, -0.2) is 9.97 Å². The molecule has 9 heteroatoms. The largest absolute Gasteiger partial charge is 0.391 e. The van der Waals surface area contributed by atoms with Crippen LogP contribution in [-0.2, 0) is 27.3 Å². The third kappa shape index (κ3) is 4.75. The van der Waals surface area contributed by atoms with Crippen LogP contribution >= 0.6 is 0 Å². The highest BCUT2D eigenvalue weighted by molar-refractivity contribution is 7.84. The summed E-state index contributed by atoms with van der Waals surface area (Å²) in [5, 5.41) is 13.7. The summed E-state index contributed by atoms with van der Waals surface area (Å²) in [6.45, 7) is 0. The molecule has 1 heterocycles. The van der Waals surface area contributed by atoms with Crippen LogP contribution in [0.4, 0.5) is 5.82 Å². The second-order valence-corrected chi connectivity index (χ2v) is 9.26. The highest BCUT2D eigenvalue weighted by atomic mass is 32.2. The fourth-order valence-electron chi connectivity index (χ4n) is 4.41. The van der Waals surface area contributed by atoms with Gasteiger partial charge in [0.15, 0.2) is 0 Å². The summed E-state index contributed by atoms with van der Waals surface area (Å²) >= 11 is 0. The number of aryl methyl sites for hydroxylation is 1. The second-order valence-electron chi connectivity index (χ2n) is 7.78. The van der Waals surface area contributed by atoms with E-state index in [0.29, 0.717) is 19.3 Å². The lowest BCUT2D eigenvalue weighted by Gasteiger charge is -2.16. The minimum Gasteiger partial charge on any atom is -0.391 e. The molecule has 4 atom stereocenters. The van der Waals surface area contributed by atoms with Crippen LogP contribution in [0.5, 0.6) is 0 Å². The summed E-state index contributed by atoms with van der Waals surface area (Å²) in [7, 11) is -2.73. The summed E-state index contributed by atoms with van der Waals surface area (Å²) in [5.74, 6) is 0.913. The van der Waals surface area contributed by atoms with Crippen molar-refractivity contribution < 1.29 is 17.7 Å². The molecule has 1 fully saturated rings. The van der Waals surface area contributed by atoms with E-state index < -0.39 is 22.4 Å². The normalized spacial score (nSPS) is 26.4. The first-order valence-electron chi connectivity index (χ1n) is 9.84. The number of fused-ring (bicyclic) bond motifs is 1. The Balaban J connectivity index is 1.39. The van der Waals surface area contributed by atoms with Crippen molar-refractivity contribution in [1.29, 1.82) is 0 Å². The summed E-state index contributed by atoms with van der Waals surface area (Å²) in [6, 6.07) is 10.1. The Morgan fingerprint density at radius 1 is 1.24 bits per heavy atom. The molecular formula is C20H26N4O4S. The molecule has 29 heavy (non-hydrogen) atoms. The molecule has 0 amide bonds. The maximum atomic E-state index is 11.6. The minimum atomic E-state index is -3.82. The van der Waals surface area contributed by atoms with Crippen molar-refractivity contribution in [1.82, 2.24) is 14.7 Å². The lowest BCUT2D eigenvalue weighted by molar-refractivity contribution is 0.154. The maximum absolute atomic E-state index is 11.6. The number of nitrogens with one attached hydrogen (secondary N) is 2. The molecule has 3 N–H and O–H groups in total. The van der Waals surface area contributed by atoms with Crippen molar-refractivity contribution in [3.63, 3.8) is 0 Å². The summed E-state index contributed by atoms with van der Waals surface area (Å²) in [5.41, 5.74) is 3.57. The van der Waals surface area contributed by atoms with Gasteiger partial charge < -0.3 is 10.4 Å². The van der Waals surface area contributed by atoms with Crippen molar-refractivity contribution in [2.45, 2.75) is 50.3 Å². The summed E-state index contributed by atoms with van der Waals surface area (Å²) in [4.78, 5) is 8.73. The first-order chi connectivity index (χ1) is 13.9. The monoisotopic (exact) mass is 418 g/mol. The highest BCUT2D eigenvalue weighted by Crippen LogP contribution is 2.34. The van der Waals surface area contributed by atoms with E-state index in [1.807, 2.05) is 6.07 Å². The van der Waals surface area contributed by atoms with E-state index in [-0.39, 0.29) is 12.0 Å². The third-order valence-electron chi connectivity index (χ3n) is 5.82. The molecule has 0 saturated heterocycles. The van der Waals surface area contributed by atoms with Gasteiger partial charge in [-0.3, -0.25) is 4.18 Å². The molecule has 1 saturated carbocycles. The number of aliphatic hydroxyl groups is 1. The van der Waals surface area contributed by atoms with Crippen molar-refractivity contribution in [3.05, 3.63) is 53.5 Å². The Morgan fingerprint density at radius 3 is 2.90 bits per heavy atom. The molecule has 0 unspecified atom stereocenters. The smallest absolute Gasteiger partial charge is 0.335 e. The fourth-order valence-corrected chi connectivity index (χ4v) is 5.13. The summed E-state index contributed by atoms with van der Waals surface area (Å²) < 4.78 is 30.0. The first kappa shape index (κ1) is 20.2. The molecule has 4 rings (SSSR count). The molecule has 8 nitrogen and oxygen atoms in total. The zero-order valence-corrected chi connectivity index (χ0v) is 17.1. The molecular weight excluding hydrogens is 392 g/mol. The van der Waals surface area contributed by atoms with Gasteiger partial charge in [0.05, 0.1) is 25.3 Å². The maximum Gasteiger partial charge on any atom is 0.335 e. The van der Waals surface area contributed by atoms with Crippen LogP contribution in [0, 0.1) is 5.92 Å². The quantitative estimate of drug-likeness (QED) is 0.628. The lowest BCUT2D eigenvalue weighted by Crippen LogP contribution is -2.40. The van der Waals surface area contributed by atoms with Gasteiger partial charge in [-0.1, -0.05) is 24.3 Å². The number of benzene rings is 1. The number of aromatic nitrogens is 2. The molecule has 2 aromatic rings. The fraction of sp³-hybridized carbons (Fsp3) is 0.500. The van der Waals surface area contributed by atoms with Crippen LogP contribution in [0.3, 0.4) is 0 Å². The van der Waals surface area contributed by atoms with Crippen LogP contribution in [0.2, 0.25) is 0 Å². The Kier molecular flexibility index (Phi) is 5.82. The van der Waals surface area contributed by atoms with Gasteiger partial charge in [-0.2, -0.15) is 13.1 Å². The van der Waals surface area contributed by atoms with Gasteiger partial charge in [0.1, 0.15) is 12.1 Å². The molecule has 0 radical (unpaired) electrons. The number of hydrogen-bond acceptors (Lipinski definition) is 7. The van der Waals surface area contributed by atoms with Gasteiger partial charge in [0.25, 0.3) is 0 Å². The molecule has 0 spiro atoms. The number of nitrogens with zero attached hydrogens (tertiary/aromatic N) is 2. The Bertz CT molecular complexity index is 968. The van der Waals surface area contributed by atoms with E-state index in [1.165, 1.54) is 11.1 Å². The molecule has 2 aliphatic rings. The van der Waals surface area contributed by atoms with E-state index in [9.17, 15) is 13.5 Å². The van der Waals surface area contributed by atoms with Gasteiger partial charge in [0, 0.05) is 11.8 Å². The number of anilines is 1. The second kappa shape index (κ2) is 8.35. The predicted molar refractivity (Wildman–Crippen MR) is 108 cm³/mol. The topological polar surface area (TPSA) is 113 Å². The third-order valence-corrected chi connectivity index (χ3v) is 6.85. The number of rotatable bonds is 7. The molecule has 2 aliphatic carbocycles. The Morgan fingerprint density at radius 2 is 2.07 bits per heavy atom. The van der Waals surface area contributed by atoms with Gasteiger partial charge in [-0.05, 0) is 49.1 Å². The number of hydrogen-bond donors (Lipinski definition) is 3. The van der Waals surface area contributed by atoms with Crippen LogP contribution in [-0.4, -0.2) is 42.7 Å². The van der Waals surface area contributed by atoms with Crippen LogP contribution in [0.25, 0.3) is 0 Å². The van der Waals surface area contributed by atoms with Crippen molar-refractivity contribution in [3.8, 4) is 0 Å². The van der Waals surface area contributed by atoms with Gasteiger partial charge >= 0.3 is 10.3 Å². The lowest BCUT2D eigenvalue weighted by atomic mass is 10.0. The number of aliphatic hydroxyl groups excluding tert-OH is 1. The van der Waals surface area contributed by atoms with Crippen LogP contribution < -0.4 is 10.0 Å². The van der Waals surface area contributed by atoms with E-state index >= 15 is 0 Å². The van der Waals surface area contributed by atoms with E-state index in [4.69, 9.17) is 0 Å². The zero-order valence-electron chi connectivity index (χ0n) is 16.3. The van der Waals surface area contributed by atoms with Crippen molar-refractivity contribution >= 4 is 16.1 Å². The van der Waals surface area contributed by atoms with Gasteiger partial charge in [-0.15, -0.1) is 0 Å². The van der Waals surface area contributed by atoms with E-state index in [1.54, 1.807) is 6.33 Å². The van der Waals surface area contributed by atoms with Gasteiger partial charge in [0.2, 0.25) is 0 Å². The Labute approximate surface area is 171 Å². The van der Waals surface area contributed by atoms with Crippen molar-refractivity contribution in [2.75, 3.05) is 12.4 Å². The Hall–Kier alpha value is -2.07.